The molecule has 5 heteroatoms. The third kappa shape index (κ3) is 2.97. The average molecular weight is 324 g/mol. The van der Waals surface area contributed by atoms with E-state index in [1.54, 1.807) is 19.1 Å². The van der Waals surface area contributed by atoms with Gasteiger partial charge in [-0.05, 0) is 29.3 Å². The lowest BCUT2D eigenvalue weighted by Gasteiger charge is -2.24. The van der Waals surface area contributed by atoms with Crippen LogP contribution in [0.5, 0.6) is 5.75 Å². The van der Waals surface area contributed by atoms with Gasteiger partial charge in [-0.3, -0.25) is 14.5 Å². The molecular weight excluding hydrogens is 304 g/mol. The molecule has 0 aliphatic carbocycles. The molecule has 0 spiro atoms. The molecule has 1 aliphatic heterocycles. The molecule has 0 saturated carbocycles. The van der Waals surface area contributed by atoms with E-state index in [1.807, 2.05) is 48.5 Å². The first-order valence-corrected chi connectivity index (χ1v) is 7.88. The Morgan fingerprint density at radius 3 is 2.54 bits per heavy atom. The monoisotopic (exact) mass is 324 g/mol. The molecule has 0 bridgehead atoms. The molecule has 0 radical (unpaired) electrons. The molecule has 0 aromatic heterocycles. The number of para-hydroxylation sites is 1. The van der Waals surface area contributed by atoms with Gasteiger partial charge >= 0.3 is 0 Å². The summed E-state index contributed by atoms with van der Waals surface area (Å²) in [7, 11) is 3.20. The van der Waals surface area contributed by atoms with E-state index >= 15 is 0 Å². The van der Waals surface area contributed by atoms with Crippen molar-refractivity contribution in [1.82, 2.24) is 5.32 Å². The van der Waals surface area contributed by atoms with Gasteiger partial charge in [0.2, 0.25) is 11.8 Å². The van der Waals surface area contributed by atoms with Crippen LogP contribution in [0, 0.1) is 0 Å². The summed E-state index contributed by atoms with van der Waals surface area (Å²) in [6, 6.07) is 14.6. The maximum absolute atomic E-state index is 12.9. The van der Waals surface area contributed by atoms with Gasteiger partial charge in [-0.1, -0.05) is 30.3 Å². The normalized spacial score (nSPS) is 15.8. The molecule has 0 unspecified atom stereocenters. The lowest BCUT2D eigenvalue weighted by molar-refractivity contribution is -0.125. The Kier molecular flexibility index (Phi) is 4.51. The Hall–Kier alpha value is -2.82. The molecule has 3 rings (SSSR count). The van der Waals surface area contributed by atoms with Gasteiger partial charge in [0.15, 0.2) is 0 Å². The van der Waals surface area contributed by atoms with Gasteiger partial charge in [-0.2, -0.15) is 0 Å². The van der Waals surface area contributed by atoms with E-state index in [9.17, 15) is 9.59 Å². The van der Waals surface area contributed by atoms with Crippen LogP contribution < -0.4 is 15.0 Å². The number of carbonyl (C=O) groups excluding carboxylic acids is 2. The number of nitrogens with zero attached hydrogens (tertiary/aromatic N) is 1. The molecule has 2 amide bonds. The van der Waals surface area contributed by atoms with Gasteiger partial charge in [0.1, 0.15) is 11.8 Å². The molecule has 5 nitrogen and oxygen atoms in total. The zero-order chi connectivity index (χ0) is 17.1. The number of anilines is 1. The van der Waals surface area contributed by atoms with E-state index in [4.69, 9.17) is 4.74 Å². The number of hydrogen-bond acceptors (Lipinski definition) is 3. The second-order valence-electron chi connectivity index (χ2n) is 5.75. The Labute approximate surface area is 141 Å². The number of amides is 2. The third-order valence-corrected chi connectivity index (χ3v) is 4.31. The van der Waals surface area contributed by atoms with E-state index in [2.05, 4.69) is 5.32 Å². The van der Waals surface area contributed by atoms with E-state index in [1.165, 1.54) is 0 Å². The number of carbonyl (C=O) groups is 2. The molecule has 1 heterocycles. The fourth-order valence-corrected chi connectivity index (χ4v) is 3.07. The first-order valence-electron chi connectivity index (χ1n) is 7.88. The maximum atomic E-state index is 12.9. The van der Waals surface area contributed by atoms with Crippen molar-refractivity contribution in [1.29, 1.82) is 0 Å². The number of hydrogen-bond donors (Lipinski definition) is 1. The van der Waals surface area contributed by atoms with Gasteiger partial charge in [0, 0.05) is 19.2 Å². The van der Waals surface area contributed by atoms with Gasteiger partial charge in [0.05, 0.1) is 13.5 Å². The van der Waals surface area contributed by atoms with Crippen LogP contribution in [0.15, 0.2) is 48.5 Å². The summed E-state index contributed by atoms with van der Waals surface area (Å²) < 4.78 is 5.14. The van der Waals surface area contributed by atoms with Crippen molar-refractivity contribution in [2.24, 2.45) is 0 Å². The predicted octanol–water partition coefficient (Wildman–Crippen LogP) is 1.94. The van der Waals surface area contributed by atoms with Gasteiger partial charge in [0.25, 0.3) is 0 Å². The highest BCUT2D eigenvalue weighted by molar-refractivity contribution is 6.04. The highest BCUT2D eigenvalue weighted by Crippen LogP contribution is 2.32. The van der Waals surface area contributed by atoms with Crippen LogP contribution in [-0.2, 0) is 22.4 Å². The van der Waals surface area contributed by atoms with Crippen molar-refractivity contribution in [3.8, 4) is 5.75 Å². The molecule has 2 aromatic carbocycles. The topological polar surface area (TPSA) is 58.6 Å². The second kappa shape index (κ2) is 6.74. The summed E-state index contributed by atoms with van der Waals surface area (Å²) >= 11 is 0. The van der Waals surface area contributed by atoms with Crippen LogP contribution in [0.25, 0.3) is 0 Å². The summed E-state index contributed by atoms with van der Waals surface area (Å²) in [4.78, 5) is 26.7. The molecule has 0 saturated heterocycles. The van der Waals surface area contributed by atoms with E-state index in [-0.39, 0.29) is 18.2 Å². The van der Waals surface area contributed by atoms with Gasteiger partial charge < -0.3 is 10.1 Å². The van der Waals surface area contributed by atoms with Gasteiger partial charge in [-0.15, -0.1) is 0 Å². The highest BCUT2D eigenvalue weighted by atomic mass is 16.5. The Balaban J connectivity index is 1.85. The molecule has 1 aliphatic rings. The van der Waals surface area contributed by atoms with Crippen molar-refractivity contribution >= 4 is 17.5 Å². The molecule has 1 N–H and O–H groups in total. The number of likely N-dealkylation sites (N-methyl/N-ethyl adjacent to an activating group) is 1. The minimum atomic E-state index is -0.488. The van der Waals surface area contributed by atoms with Crippen LogP contribution in [0.1, 0.15) is 11.1 Å². The number of benzene rings is 2. The zero-order valence-electron chi connectivity index (χ0n) is 13.8. The van der Waals surface area contributed by atoms with Crippen LogP contribution in [0.2, 0.25) is 0 Å². The average Bonchev–Trinajstić information content (AvgIpc) is 3.01. The number of ether oxygens (including phenoxy) is 1. The first kappa shape index (κ1) is 16.1. The van der Waals surface area contributed by atoms with E-state index < -0.39 is 6.04 Å². The minimum Gasteiger partial charge on any atom is -0.497 e. The Bertz CT molecular complexity index is 755. The van der Waals surface area contributed by atoms with Crippen molar-refractivity contribution in [2.45, 2.75) is 18.9 Å². The highest BCUT2D eigenvalue weighted by Gasteiger charge is 2.37. The number of fused-ring (bicyclic) bond motifs is 1. The van der Waals surface area contributed by atoms with Crippen LogP contribution >= 0.6 is 0 Å². The number of methoxy groups -OCH3 is 1. The van der Waals surface area contributed by atoms with Crippen LogP contribution in [0.4, 0.5) is 5.69 Å². The van der Waals surface area contributed by atoms with Gasteiger partial charge in [-0.25, -0.2) is 0 Å². The standard InChI is InChI=1S/C19H20N2O3/c1-20-19(23)17-12-14-5-3-4-6-16(14)21(17)18(22)11-13-7-9-15(24-2)10-8-13/h3-10,17H,11-12H2,1-2H3,(H,20,23)/t17-/m1/s1. The summed E-state index contributed by atoms with van der Waals surface area (Å²) in [5.41, 5.74) is 2.74. The Morgan fingerprint density at radius 2 is 1.88 bits per heavy atom. The SMILES string of the molecule is CNC(=O)[C@H]1Cc2ccccc2N1C(=O)Cc1ccc(OC)cc1. The van der Waals surface area contributed by atoms with Crippen LogP contribution in [-0.4, -0.2) is 32.0 Å². The summed E-state index contributed by atoms with van der Waals surface area (Å²) in [5, 5.41) is 2.66. The maximum Gasteiger partial charge on any atom is 0.243 e. The largest absolute Gasteiger partial charge is 0.497 e. The second-order valence-corrected chi connectivity index (χ2v) is 5.75. The van der Waals surface area contributed by atoms with Crippen LogP contribution in [0.3, 0.4) is 0 Å². The third-order valence-electron chi connectivity index (χ3n) is 4.31. The lowest BCUT2D eigenvalue weighted by Crippen LogP contribution is -2.47. The number of rotatable bonds is 4. The molecular formula is C19H20N2O3. The molecule has 0 fully saturated rings. The Morgan fingerprint density at radius 1 is 1.17 bits per heavy atom. The molecule has 124 valence electrons. The first-order chi connectivity index (χ1) is 11.6. The van der Waals surface area contributed by atoms with E-state index in [0.717, 1.165) is 22.6 Å². The number of nitrogens with one attached hydrogen (secondary N) is 1. The molecule has 2 aromatic rings. The quantitative estimate of drug-likeness (QED) is 0.935. The fourth-order valence-electron chi connectivity index (χ4n) is 3.07. The molecule has 1 atom stereocenters. The van der Waals surface area contributed by atoms with Crippen molar-refractivity contribution < 1.29 is 14.3 Å². The van der Waals surface area contributed by atoms with Crippen molar-refractivity contribution in [3.05, 3.63) is 59.7 Å². The van der Waals surface area contributed by atoms with E-state index in [0.29, 0.717) is 6.42 Å². The fraction of sp³-hybridized carbons (Fsp3) is 0.263. The summed E-state index contributed by atoms with van der Waals surface area (Å²) in [6.45, 7) is 0. The summed E-state index contributed by atoms with van der Waals surface area (Å²) in [5.74, 6) is 0.522. The lowest BCUT2D eigenvalue weighted by atomic mass is 10.1. The van der Waals surface area contributed by atoms with Crippen molar-refractivity contribution in [2.75, 3.05) is 19.1 Å². The zero-order valence-corrected chi connectivity index (χ0v) is 13.8. The minimum absolute atomic E-state index is 0.0845. The summed E-state index contributed by atoms with van der Waals surface area (Å²) in [6.07, 6.45) is 0.788. The van der Waals surface area contributed by atoms with Crippen molar-refractivity contribution in [3.63, 3.8) is 0 Å². The predicted molar refractivity (Wildman–Crippen MR) is 92.2 cm³/mol. The molecule has 24 heavy (non-hydrogen) atoms. The smallest absolute Gasteiger partial charge is 0.243 e.